The van der Waals surface area contributed by atoms with Crippen LogP contribution in [0.2, 0.25) is 0 Å². The van der Waals surface area contributed by atoms with Crippen molar-refractivity contribution in [3.8, 4) is 0 Å². The van der Waals surface area contributed by atoms with Gasteiger partial charge >= 0.3 is 0 Å². The number of hydrogen-bond donors (Lipinski definition) is 1. The fraction of sp³-hybridized carbons (Fsp3) is 0.190. The van der Waals surface area contributed by atoms with Crippen molar-refractivity contribution < 1.29 is 0 Å². The summed E-state index contributed by atoms with van der Waals surface area (Å²) in [5.41, 5.74) is 7.76. The first-order chi connectivity index (χ1) is 11.4. The van der Waals surface area contributed by atoms with Gasteiger partial charge in [-0.2, -0.15) is 0 Å². The number of nitrogens with one attached hydrogen (secondary N) is 1. The van der Waals surface area contributed by atoms with Crippen LogP contribution in [0.5, 0.6) is 0 Å². The highest BCUT2D eigenvalue weighted by molar-refractivity contribution is 5.99. The maximum Gasteiger partial charge on any atom is 0.0661 e. The van der Waals surface area contributed by atoms with Gasteiger partial charge in [0.15, 0.2) is 0 Å². The second kappa shape index (κ2) is 4.95. The summed E-state index contributed by atoms with van der Waals surface area (Å²) in [4.78, 5) is 8.66. The molecule has 112 valence electrons. The highest BCUT2D eigenvalue weighted by atomic mass is 14.8. The molecule has 2 aliphatic rings. The largest absolute Gasteiger partial charge is 0.357 e. The average molecular weight is 298 g/mol. The number of nitrogens with zero attached hydrogens (tertiary/aromatic N) is 1. The number of allylic oxidation sites excluding steroid dienone is 1. The number of benzene rings is 2. The fourth-order valence-corrected chi connectivity index (χ4v) is 3.94. The van der Waals surface area contributed by atoms with Crippen LogP contribution in [-0.2, 0) is 6.42 Å². The minimum atomic E-state index is 0.385. The Morgan fingerprint density at radius 3 is 2.83 bits per heavy atom. The van der Waals surface area contributed by atoms with Crippen LogP contribution in [0.3, 0.4) is 0 Å². The number of aryl methyl sites for hydroxylation is 1. The Morgan fingerprint density at radius 1 is 0.957 bits per heavy atom. The lowest BCUT2D eigenvalue weighted by Crippen LogP contribution is -2.18. The summed E-state index contributed by atoms with van der Waals surface area (Å²) < 4.78 is 0. The molecule has 0 amide bonds. The van der Waals surface area contributed by atoms with Crippen LogP contribution in [0.25, 0.3) is 17.0 Å². The molecule has 2 heterocycles. The summed E-state index contributed by atoms with van der Waals surface area (Å²) in [6, 6.07) is 17.1. The number of aromatic nitrogens is 1. The van der Waals surface area contributed by atoms with Crippen molar-refractivity contribution >= 4 is 28.4 Å². The Hall–Kier alpha value is -2.61. The zero-order valence-electron chi connectivity index (χ0n) is 12.9. The average Bonchev–Trinajstić information content (AvgIpc) is 3.00. The topological polar surface area (TPSA) is 28.1 Å². The first-order valence-electron chi connectivity index (χ1n) is 8.32. The van der Waals surface area contributed by atoms with E-state index in [0.717, 1.165) is 24.9 Å². The molecule has 0 saturated heterocycles. The number of aromatic amines is 1. The SMILES string of the molecule is C1=Cc2c([nH]c3ccccc23)C(C2=Nc3ccccc3CC2)C1. The molecule has 2 nitrogen and oxygen atoms in total. The molecule has 1 aliphatic heterocycles. The third kappa shape index (κ3) is 1.98. The molecule has 1 unspecified atom stereocenters. The molecular weight excluding hydrogens is 280 g/mol. The van der Waals surface area contributed by atoms with Crippen molar-refractivity contribution in [3.05, 3.63) is 71.4 Å². The van der Waals surface area contributed by atoms with Gasteiger partial charge in [0.25, 0.3) is 0 Å². The molecule has 0 radical (unpaired) electrons. The molecule has 1 atom stereocenters. The van der Waals surface area contributed by atoms with Crippen LogP contribution in [0, 0.1) is 0 Å². The lowest BCUT2D eigenvalue weighted by molar-refractivity contribution is 0.823. The van der Waals surface area contributed by atoms with E-state index >= 15 is 0 Å². The van der Waals surface area contributed by atoms with Crippen molar-refractivity contribution in [2.24, 2.45) is 4.99 Å². The third-order valence-corrected chi connectivity index (χ3v) is 5.09. The summed E-state index contributed by atoms with van der Waals surface area (Å²) >= 11 is 0. The maximum absolute atomic E-state index is 5.00. The van der Waals surface area contributed by atoms with Gasteiger partial charge in [-0.05, 0) is 37.0 Å². The molecule has 1 N–H and O–H groups in total. The van der Waals surface area contributed by atoms with Gasteiger partial charge < -0.3 is 4.98 Å². The van der Waals surface area contributed by atoms with Crippen LogP contribution in [0.15, 0.2) is 59.6 Å². The number of H-pyrrole nitrogens is 1. The van der Waals surface area contributed by atoms with Crippen molar-refractivity contribution in [1.29, 1.82) is 0 Å². The second-order valence-electron chi connectivity index (χ2n) is 6.42. The highest BCUT2D eigenvalue weighted by Gasteiger charge is 2.27. The van der Waals surface area contributed by atoms with Crippen LogP contribution < -0.4 is 0 Å². The number of para-hydroxylation sites is 2. The predicted molar refractivity (Wildman–Crippen MR) is 96.5 cm³/mol. The summed E-state index contributed by atoms with van der Waals surface area (Å²) in [5, 5.41) is 1.32. The number of aliphatic imine (C=N–C) groups is 1. The molecule has 0 fully saturated rings. The molecular formula is C21H18N2. The predicted octanol–water partition coefficient (Wildman–Crippen LogP) is 5.39. The monoisotopic (exact) mass is 298 g/mol. The van der Waals surface area contributed by atoms with Crippen LogP contribution in [0.4, 0.5) is 5.69 Å². The molecule has 2 heteroatoms. The molecule has 1 aromatic heterocycles. The normalized spacial score (nSPS) is 19.3. The van der Waals surface area contributed by atoms with Crippen molar-refractivity contribution in [3.63, 3.8) is 0 Å². The van der Waals surface area contributed by atoms with Gasteiger partial charge in [-0.25, -0.2) is 0 Å². The van der Waals surface area contributed by atoms with Gasteiger partial charge in [0, 0.05) is 33.8 Å². The van der Waals surface area contributed by atoms with Gasteiger partial charge in [-0.15, -0.1) is 0 Å². The maximum atomic E-state index is 5.00. The van der Waals surface area contributed by atoms with E-state index in [2.05, 4.69) is 65.7 Å². The molecule has 3 aromatic rings. The molecule has 1 aliphatic carbocycles. The van der Waals surface area contributed by atoms with E-state index in [1.807, 2.05) is 0 Å². The summed E-state index contributed by atoms with van der Waals surface area (Å²) in [6.45, 7) is 0. The minimum Gasteiger partial charge on any atom is -0.357 e. The molecule has 0 spiro atoms. The first kappa shape index (κ1) is 12.9. The van der Waals surface area contributed by atoms with E-state index in [9.17, 15) is 0 Å². The quantitative estimate of drug-likeness (QED) is 0.624. The van der Waals surface area contributed by atoms with E-state index in [-0.39, 0.29) is 0 Å². The Morgan fingerprint density at radius 2 is 1.83 bits per heavy atom. The van der Waals surface area contributed by atoms with E-state index in [1.54, 1.807) is 0 Å². The van der Waals surface area contributed by atoms with Crippen molar-refractivity contribution in [2.45, 2.75) is 25.2 Å². The second-order valence-corrected chi connectivity index (χ2v) is 6.42. The molecule has 0 bridgehead atoms. The standard InChI is InChI=1S/C21H18N2/c1-3-10-18-14(6-1)12-13-20(22-18)17-9-5-8-16-15-7-2-4-11-19(15)23-21(16)17/h1-8,10-11,17,23H,9,12-13H2. The van der Waals surface area contributed by atoms with Gasteiger partial charge in [0.1, 0.15) is 0 Å². The van der Waals surface area contributed by atoms with Gasteiger partial charge in [0.2, 0.25) is 0 Å². The van der Waals surface area contributed by atoms with E-state index in [1.165, 1.54) is 33.4 Å². The smallest absolute Gasteiger partial charge is 0.0661 e. The third-order valence-electron chi connectivity index (χ3n) is 5.09. The Bertz CT molecular complexity index is 959. The highest BCUT2D eigenvalue weighted by Crippen LogP contribution is 2.38. The van der Waals surface area contributed by atoms with E-state index in [4.69, 9.17) is 4.99 Å². The fourth-order valence-electron chi connectivity index (χ4n) is 3.94. The van der Waals surface area contributed by atoms with Crippen LogP contribution >= 0.6 is 0 Å². The van der Waals surface area contributed by atoms with E-state index in [0.29, 0.717) is 5.92 Å². The van der Waals surface area contributed by atoms with Crippen molar-refractivity contribution in [2.75, 3.05) is 0 Å². The molecule has 2 aromatic carbocycles. The summed E-state index contributed by atoms with van der Waals surface area (Å²) in [5.74, 6) is 0.385. The van der Waals surface area contributed by atoms with Crippen LogP contribution in [0.1, 0.15) is 35.6 Å². The Balaban J connectivity index is 1.64. The van der Waals surface area contributed by atoms with Crippen LogP contribution in [-0.4, -0.2) is 10.7 Å². The summed E-state index contributed by atoms with van der Waals surface area (Å²) in [6.07, 6.45) is 7.77. The lowest BCUT2D eigenvalue weighted by Gasteiger charge is -2.24. The summed E-state index contributed by atoms with van der Waals surface area (Å²) in [7, 11) is 0. The number of fused-ring (bicyclic) bond motifs is 4. The number of hydrogen-bond acceptors (Lipinski definition) is 1. The molecule has 5 rings (SSSR count). The van der Waals surface area contributed by atoms with E-state index < -0.39 is 0 Å². The Labute approximate surface area is 135 Å². The lowest BCUT2D eigenvalue weighted by atomic mass is 9.84. The Kier molecular flexibility index (Phi) is 2.77. The van der Waals surface area contributed by atoms with Gasteiger partial charge in [0.05, 0.1) is 5.69 Å². The van der Waals surface area contributed by atoms with Gasteiger partial charge in [-0.3, -0.25) is 4.99 Å². The molecule has 0 saturated carbocycles. The number of rotatable bonds is 1. The zero-order chi connectivity index (χ0) is 15.2. The minimum absolute atomic E-state index is 0.385. The zero-order valence-corrected chi connectivity index (χ0v) is 12.9. The van der Waals surface area contributed by atoms with Gasteiger partial charge in [-0.1, -0.05) is 48.6 Å². The first-order valence-corrected chi connectivity index (χ1v) is 8.32. The van der Waals surface area contributed by atoms with Crippen molar-refractivity contribution in [1.82, 2.24) is 4.98 Å². The molecule has 23 heavy (non-hydrogen) atoms.